The van der Waals surface area contributed by atoms with E-state index in [1.807, 2.05) is 38.1 Å². The third-order valence-electron chi connectivity index (χ3n) is 4.55. The molecule has 0 amide bonds. The Bertz CT molecular complexity index is 1180. The molecular weight excluding hydrogens is 393 g/mol. The topological polar surface area (TPSA) is 55.6 Å². The van der Waals surface area contributed by atoms with Crippen molar-refractivity contribution >= 4 is 45.7 Å². The van der Waals surface area contributed by atoms with Crippen molar-refractivity contribution in [2.45, 2.75) is 27.2 Å². The van der Waals surface area contributed by atoms with E-state index >= 15 is 0 Å². The second-order valence-corrected chi connectivity index (χ2v) is 7.44. The smallest absolute Gasteiger partial charge is 0.197 e. The molecule has 142 valence electrons. The van der Waals surface area contributed by atoms with Crippen molar-refractivity contribution in [2.24, 2.45) is 0 Å². The van der Waals surface area contributed by atoms with Gasteiger partial charge in [0.2, 0.25) is 0 Å². The number of nitrogens with one attached hydrogen (secondary N) is 1. The fraction of sp³-hybridized carbons (Fsp3) is 0.190. The minimum absolute atomic E-state index is 0.444. The predicted molar refractivity (Wildman–Crippen MR) is 115 cm³/mol. The molecule has 0 spiro atoms. The average molecular weight is 412 g/mol. The van der Waals surface area contributed by atoms with E-state index in [4.69, 9.17) is 33.2 Å². The first-order valence-corrected chi connectivity index (χ1v) is 9.77. The molecule has 2 heterocycles. The molecule has 0 aliphatic rings. The summed E-state index contributed by atoms with van der Waals surface area (Å²) in [7, 11) is 0. The molecule has 5 nitrogen and oxygen atoms in total. The number of aromatic nitrogens is 4. The first kappa shape index (κ1) is 18.7. The Morgan fingerprint density at radius 3 is 2.29 bits per heavy atom. The van der Waals surface area contributed by atoms with E-state index in [0.29, 0.717) is 32.7 Å². The van der Waals surface area contributed by atoms with Gasteiger partial charge in [0.05, 0.1) is 26.8 Å². The van der Waals surface area contributed by atoms with Crippen LogP contribution in [-0.2, 0) is 6.42 Å². The minimum atomic E-state index is 0.444. The van der Waals surface area contributed by atoms with E-state index in [9.17, 15) is 0 Å². The third kappa shape index (κ3) is 3.43. The van der Waals surface area contributed by atoms with Gasteiger partial charge in [-0.15, -0.1) is 0 Å². The highest BCUT2D eigenvalue weighted by atomic mass is 35.5. The number of para-hydroxylation sites is 1. The summed E-state index contributed by atoms with van der Waals surface area (Å²) >= 11 is 12.4. The van der Waals surface area contributed by atoms with Gasteiger partial charge in [0.15, 0.2) is 11.6 Å². The first-order valence-electron chi connectivity index (χ1n) is 9.01. The number of fused-ring (bicyclic) bond motifs is 1. The quantitative estimate of drug-likeness (QED) is 0.444. The van der Waals surface area contributed by atoms with Crippen LogP contribution in [0.2, 0.25) is 10.0 Å². The summed E-state index contributed by atoms with van der Waals surface area (Å²) in [6, 6.07) is 13.6. The minimum Gasteiger partial charge on any atom is -0.337 e. The third-order valence-corrected chi connectivity index (χ3v) is 5.27. The van der Waals surface area contributed by atoms with Crippen LogP contribution in [0.4, 0.5) is 11.5 Å². The number of aryl methyl sites for hydroxylation is 3. The number of anilines is 2. The van der Waals surface area contributed by atoms with Crippen LogP contribution in [0, 0.1) is 13.8 Å². The molecule has 2 aromatic heterocycles. The SMILES string of the molecule is CCc1ccccc1Nc1nc2cc(Cl)c(Cl)cc2nc1-n1nc(C)cc1C. The number of rotatable bonds is 4. The number of benzene rings is 2. The van der Waals surface area contributed by atoms with Gasteiger partial charge in [-0.3, -0.25) is 0 Å². The molecule has 0 saturated heterocycles. The van der Waals surface area contributed by atoms with Crippen molar-refractivity contribution in [3.63, 3.8) is 0 Å². The fourth-order valence-electron chi connectivity index (χ4n) is 3.20. The molecule has 0 unspecified atom stereocenters. The monoisotopic (exact) mass is 411 g/mol. The van der Waals surface area contributed by atoms with Crippen LogP contribution in [-0.4, -0.2) is 19.7 Å². The average Bonchev–Trinajstić information content (AvgIpc) is 3.01. The summed E-state index contributed by atoms with van der Waals surface area (Å²) in [5.41, 5.74) is 5.38. The Morgan fingerprint density at radius 1 is 0.964 bits per heavy atom. The van der Waals surface area contributed by atoms with Crippen LogP contribution in [0.1, 0.15) is 23.9 Å². The van der Waals surface area contributed by atoms with Crippen LogP contribution in [0.3, 0.4) is 0 Å². The van der Waals surface area contributed by atoms with Gasteiger partial charge in [-0.05, 0) is 50.1 Å². The highest BCUT2D eigenvalue weighted by Crippen LogP contribution is 2.31. The molecule has 1 N–H and O–H groups in total. The number of nitrogens with zero attached hydrogens (tertiary/aromatic N) is 4. The van der Waals surface area contributed by atoms with Crippen LogP contribution in [0.5, 0.6) is 0 Å². The van der Waals surface area contributed by atoms with E-state index in [1.54, 1.807) is 16.8 Å². The molecule has 0 bridgehead atoms. The highest BCUT2D eigenvalue weighted by Gasteiger charge is 2.16. The van der Waals surface area contributed by atoms with Crippen LogP contribution >= 0.6 is 23.2 Å². The molecule has 0 atom stereocenters. The Hall–Kier alpha value is -2.63. The van der Waals surface area contributed by atoms with E-state index in [-0.39, 0.29) is 0 Å². The molecule has 28 heavy (non-hydrogen) atoms. The number of hydrogen-bond acceptors (Lipinski definition) is 4. The van der Waals surface area contributed by atoms with Crippen molar-refractivity contribution in [1.29, 1.82) is 0 Å². The summed E-state index contributed by atoms with van der Waals surface area (Å²) in [5, 5.41) is 8.92. The summed E-state index contributed by atoms with van der Waals surface area (Å²) in [4.78, 5) is 9.60. The second-order valence-electron chi connectivity index (χ2n) is 6.63. The Balaban J connectivity index is 1.95. The van der Waals surface area contributed by atoms with Gasteiger partial charge in [-0.1, -0.05) is 48.3 Å². The maximum absolute atomic E-state index is 6.20. The molecule has 7 heteroatoms. The lowest BCUT2D eigenvalue weighted by Crippen LogP contribution is -2.09. The van der Waals surface area contributed by atoms with E-state index in [1.165, 1.54) is 5.56 Å². The molecule has 0 aliphatic heterocycles. The van der Waals surface area contributed by atoms with Crippen molar-refractivity contribution in [2.75, 3.05) is 5.32 Å². The molecule has 4 rings (SSSR count). The van der Waals surface area contributed by atoms with E-state index in [0.717, 1.165) is 23.5 Å². The van der Waals surface area contributed by atoms with Gasteiger partial charge >= 0.3 is 0 Å². The van der Waals surface area contributed by atoms with Gasteiger partial charge in [0.1, 0.15) is 0 Å². The van der Waals surface area contributed by atoms with Gasteiger partial charge < -0.3 is 5.32 Å². The zero-order chi connectivity index (χ0) is 19.8. The Labute approximate surface area is 173 Å². The Morgan fingerprint density at radius 2 is 1.64 bits per heavy atom. The number of hydrogen-bond donors (Lipinski definition) is 1. The fourth-order valence-corrected chi connectivity index (χ4v) is 3.51. The maximum Gasteiger partial charge on any atom is 0.197 e. The highest BCUT2D eigenvalue weighted by molar-refractivity contribution is 6.42. The zero-order valence-electron chi connectivity index (χ0n) is 15.8. The molecule has 0 radical (unpaired) electrons. The summed E-state index contributed by atoms with van der Waals surface area (Å²) in [5.74, 6) is 1.22. The van der Waals surface area contributed by atoms with Crippen LogP contribution in [0.15, 0.2) is 42.5 Å². The summed E-state index contributed by atoms with van der Waals surface area (Å²) < 4.78 is 1.79. The molecule has 0 aliphatic carbocycles. The van der Waals surface area contributed by atoms with Gasteiger partial charge in [-0.2, -0.15) is 5.10 Å². The molecular formula is C21H19Cl2N5. The van der Waals surface area contributed by atoms with Crippen molar-refractivity contribution < 1.29 is 0 Å². The second kappa shape index (κ2) is 7.41. The van der Waals surface area contributed by atoms with Gasteiger partial charge in [0.25, 0.3) is 0 Å². The maximum atomic E-state index is 6.20. The predicted octanol–water partition coefficient (Wildman–Crippen LogP) is 6.05. The summed E-state index contributed by atoms with van der Waals surface area (Å²) in [6.45, 7) is 6.06. The standard InChI is InChI=1S/C21H19Cl2N5/c1-4-14-7-5-6-8-17(14)24-20-21(28-13(3)9-12(2)27-28)26-19-11-16(23)15(22)10-18(19)25-20/h5-11H,4H2,1-3H3,(H,24,25). The van der Waals surface area contributed by atoms with Crippen molar-refractivity contribution in [3.05, 3.63) is 69.5 Å². The number of halogens is 2. The molecule has 0 saturated carbocycles. The normalized spacial score (nSPS) is 11.2. The summed E-state index contributed by atoms with van der Waals surface area (Å²) in [6.07, 6.45) is 0.904. The molecule has 2 aromatic carbocycles. The lowest BCUT2D eigenvalue weighted by molar-refractivity contribution is 0.808. The first-order chi connectivity index (χ1) is 13.5. The molecule has 0 fully saturated rings. The van der Waals surface area contributed by atoms with Gasteiger partial charge in [-0.25, -0.2) is 14.6 Å². The van der Waals surface area contributed by atoms with Crippen molar-refractivity contribution in [1.82, 2.24) is 19.7 Å². The Kier molecular flexibility index (Phi) is 4.96. The lowest BCUT2D eigenvalue weighted by Gasteiger charge is -2.15. The van der Waals surface area contributed by atoms with E-state index in [2.05, 4.69) is 23.4 Å². The van der Waals surface area contributed by atoms with Crippen LogP contribution < -0.4 is 5.32 Å². The zero-order valence-corrected chi connectivity index (χ0v) is 17.3. The van der Waals surface area contributed by atoms with E-state index < -0.39 is 0 Å². The molecule has 4 aromatic rings. The van der Waals surface area contributed by atoms with Gasteiger partial charge in [0, 0.05) is 11.4 Å². The largest absolute Gasteiger partial charge is 0.337 e. The van der Waals surface area contributed by atoms with Crippen molar-refractivity contribution in [3.8, 4) is 5.82 Å². The van der Waals surface area contributed by atoms with Crippen LogP contribution in [0.25, 0.3) is 16.9 Å². The lowest BCUT2D eigenvalue weighted by atomic mass is 10.1.